The number of hydrogen-bond donors (Lipinski definition) is 0. The predicted octanol–water partition coefficient (Wildman–Crippen LogP) is 4.18. The van der Waals surface area contributed by atoms with Gasteiger partial charge in [-0.05, 0) is 34.4 Å². The quantitative estimate of drug-likeness (QED) is 0.774. The molecule has 0 atom stereocenters. The van der Waals surface area contributed by atoms with E-state index >= 15 is 0 Å². The van der Waals surface area contributed by atoms with Gasteiger partial charge in [0, 0.05) is 0 Å². The number of rotatable bonds is 2. The molecule has 1 nitrogen and oxygen atoms in total. The molecule has 1 fully saturated rings. The highest BCUT2D eigenvalue weighted by Crippen LogP contribution is 2.24. The van der Waals surface area contributed by atoms with Gasteiger partial charge >= 0.3 is 0 Å². The van der Waals surface area contributed by atoms with Crippen molar-refractivity contribution in [2.45, 2.75) is 0 Å². The number of hydrogen-bond acceptors (Lipinski definition) is 1. The third-order valence-corrected chi connectivity index (χ3v) is 3.21. The second kappa shape index (κ2) is 5.68. The molecule has 1 aliphatic heterocycles. The van der Waals surface area contributed by atoms with E-state index in [-0.39, 0.29) is 0 Å². The number of benzene rings is 2. The Balaban J connectivity index is 1.90. The van der Waals surface area contributed by atoms with Gasteiger partial charge in [-0.3, -0.25) is 0 Å². The summed E-state index contributed by atoms with van der Waals surface area (Å²) in [4.78, 5) is 0. The Kier molecular flexibility index (Phi) is 3.57. The second-order valence-electron chi connectivity index (χ2n) is 4.65. The third-order valence-electron chi connectivity index (χ3n) is 3.21. The Morgan fingerprint density at radius 1 is 0.632 bits per heavy atom. The van der Waals surface area contributed by atoms with Crippen LogP contribution < -0.4 is 0 Å². The van der Waals surface area contributed by atoms with Crippen LogP contribution in [-0.4, -0.2) is 13.2 Å². The van der Waals surface area contributed by atoms with Gasteiger partial charge in [0.25, 0.3) is 0 Å². The fourth-order valence-electron chi connectivity index (χ4n) is 2.23. The lowest BCUT2D eigenvalue weighted by atomic mass is 10.0. The molecule has 1 heteroatoms. The summed E-state index contributed by atoms with van der Waals surface area (Å²) in [6.45, 7) is 1.40. The van der Waals surface area contributed by atoms with Crippen LogP contribution in [0.5, 0.6) is 0 Å². The van der Waals surface area contributed by atoms with E-state index in [1.54, 1.807) is 0 Å². The van der Waals surface area contributed by atoms with E-state index in [1.165, 1.54) is 22.3 Å². The van der Waals surface area contributed by atoms with Crippen molar-refractivity contribution in [1.82, 2.24) is 0 Å². The maximum Gasteiger partial charge on any atom is 0.0725 e. The maximum atomic E-state index is 5.58. The molecule has 0 bridgehead atoms. The molecule has 0 aromatic heterocycles. The van der Waals surface area contributed by atoms with E-state index in [4.69, 9.17) is 4.74 Å². The van der Waals surface area contributed by atoms with Crippen molar-refractivity contribution in [3.05, 3.63) is 82.9 Å². The fourth-order valence-corrected chi connectivity index (χ4v) is 2.23. The highest BCUT2D eigenvalue weighted by molar-refractivity contribution is 5.67. The van der Waals surface area contributed by atoms with Gasteiger partial charge in [0.15, 0.2) is 0 Å². The average Bonchev–Trinajstić information content (AvgIpc) is 2.88. The van der Waals surface area contributed by atoms with Crippen LogP contribution in [0.1, 0.15) is 11.1 Å². The SMILES string of the molecule is C(=C1/COC/C1=C\c1ccccc1)/c1ccccc1. The minimum absolute atomic E-state index is 0.702. The molecule has 0 N–H and O–H groups in total. The molecule has 1 heterocycles. The zero-order chi connectivity index (χ0) is 12.9. The molecule has 94 valence electrons. The summed E-state index contributed by atoms with van der Waals surface area (Å²) in [5.74, 6) is 0. The summed E-state index contributed by atoms with van der Waals surface area (Å²) in [5, 5.41) is 0. The first kappa shape index (κ1) is 11.9. The van der Waals surface area contributed by atoms with Crippen molar-refractivity contribution in [2.75, 3.05) is 13.2 Å². The molecule has 2 aromatic carbocycles. The Labute approximate surface area is 113 Å². The van der Waals surface area contributed by atoms with E-state index in [1.807, 2.05) is 12.1 Å². The van der Waals surface area contributed by atoms with Crippen LogP contribution >= 0.6 is 0 Å². The molecule has 2 aromatic rings. The van der Waals surface area contributed by atoms with Crippen molar-refractivity contribution >= 4 is 12.2 Å². The predicted molar refractivity (Wildman–Crippen MR) is 79.7 cm³/mol. The molecule has 1 saturated heterocycles. The zero-order valence-corrected chi connectivity index (χ0v) is 10.8. The van der Waals surface area contributed by atoms with Crippen LogP contribution in [0.3, 0.4) is 0 Å². The van der Waals surface area contributed by atoms with Crippen LogP contribution in [-0.2, 0) is 4.74 Å². The standard InChI is InChI=1S/C18H16O/c1-3-7-15(8-4-1)11-17-13-19-14-18(17)12-16-9-5-2-6-10-16/h1-12H,13-14H2/b17-11+,18-12+. The molecular formula is C18H16O. The van der Waals surface area contributed by atoms with E-state index in [2.05, 4.69) is 60.7 Å². The average molecular weight is 248 g/mol. The normalized spacial score (nSPS) is 19.2. The van der Waals surface area contributed by atoms with E-state index in [0.29, 0.717) is 13.2 Å². The molecule has 0 saturated carbocycles. The topological polar surface area (TPSA) is 9.23 Å². The summed E-state index contributed by atoms with van der Waals surface area (Å²) in [7, 11) is 0. The monoisotopic (exact) mass is 248 g/mol. The Morgan fingerprint density at radius 3 is 1.47 bits per heavy atom. The van der Waals surface area contributed by atoms with E-state index < -0.39 is 0 Å². The van der Waals surface area contributed by atoms with Gasteiger partial charge in [-0.15, -0.1) is 0 Å². The molecular weight excluding hydrogens is 232 g/mol. The molecule has 0 aliphatic carbocycles. The molecule has 1 aliphatic rings. The first-order valence-electron chi connectivity index (χ1n) is 6.51. The molecule has 0 unspecified atom stereocenters. The van der Waals surface area contributed by atoms with E-state index in [0.717, 1.165) is 0 Å². The van der Waals surface area contributed by atoms with Crippen molar-refractivity contribution in [3.63, 3.8) is 0 Å². The van der Waals surface area contributed by atoms with E-state index in [9.17, 15) is 0 Å². The first-order chi connectivity index (χ1) is 9.42. The smallest absolute Gasteiger partial charge is 0.0725 e. The molecule has 3 rings (SSSR count). The second-order valence-corrected chi connectivity index (χ2v) is 4.65. The Bertz CT molecular complexity index is 539. The van der Waals surface area contributed by atoms with Crippen molar-refractivity contribution in [3.8, 4) is 0 Å². The Hall–Kier alpha value is -2.12. The highest BCUT2D eigenvalue weighted by atomic mass is 16.5. The fraction of sp³-hybridized carbons (Fsp3) is 0.111. The summed E-state index contributed by atoms with van der Waals surface area (Å²) in [6.07, 6.45) is 4.42. The van der Waals surface area contributed by atoms with Crippen molar-refractivity contribution < 1.29 is 4.74 Å². The van der Waals surface area contributed by atoms with Gasteiger partial charge in [0.05, 0.1) is 13.2 Å². The zero-order valence-electron chi connectivity index (χ0n) is 10.8. The van der Waals surface area contributed by atoms with Crippen LogP contribution in [0.15, 0.2) is 71.8 Å². The summed E-state index contributed by atoms with van der Waals surface area (Å²) in [6, 6.07) is 20.8. The van der Waals surface area contributed by atoms with Crippen molar-refractivity contribution in [2.24, 2.45) is 0 Å². The lowest BCUT2D eigenvalue weighted by Crippen LogP contribution is -1.86. The number of ether oxygens (including phenoxy) is 1. The summed E-state index contributed by atoms with van der Waals surface area (Å²) >= 11 is 0. The van der Waals surface area contributed by atoms with Crippen molar-refractivity contribution in [1.29, 1.82) is 0 Å². The van der Waals surface area contributed by atoms with Gasteiger partial charge in [0.1, 0.15) is 0 Å². The molecule has 0 spiro atoms. The van der Waals surface area contributed by atoms with Gasteiger partial charge in [0.2, 0.25) is 0 Å². The summed E-state index contributed by atoms with van der Waals surface area (Å²) < 4.78 is 5.58. The van der Waals surface area contributed by atoms with Crippen LogP contribution in [0, 0.1) is 0 Å². The van der Waals surface area contributed by atoms with Crippen LogP contribution in [0.4, 0.5) is 0 Å². The van der Waals surface area contributed by atoms with Gasteiger partial charge < -0.3 is 4.74 Å². The van der Waals surface area contributed by atoms with Crippen LogP contribution in [0.25, 0.3) is 12.2 Å². The first-order valence-corrected chi connectivity index (χ1v) is 6.51. The molecule has 19 heavy (non-hydrogen) atoms. The lowest BCUT2D eigenvalue weighted by molar-refractivity contribution is 0.215. The Morgan fingerprint density at radius 2 is 1.05 bits per heavy atom. The lowest BCUT2D eigenvalue weighted by Gasteiger charge is -2.00. The van der Waals surface area contributed by atoms with Gasteiger partial charge in [-0.25, -0.2) is 0 Å². The minimum Gasteiger partial charge on any atom is -0.372 e. The maximum absolute atomic E-state index is 5.58. The minimum atomic E-state index is 0.702. The van der Waals surface area contributed by atoms with Gasteiger partial charge in [-0.1, -0.05) is 60.7 Å². The largest absolute Gasteiger partial charge is 0.372 e. The third kappa shape index (κ3) is 3.01. The molecule has 0 radical (unpaired) electrons. The highest BCUT2D eigenvalue weighted by Gasteiger charge is 2.13. The van der Waals surface area contributed by atoms with Crippen LogP contribution in [0.2, 0.25) is 0 Å². The summed E-state index contributed by atoms with van der Waals surface area (Å²) in [5.41, 5.74) is 4.99. The van der Waals surface area contributed by atoms with Gasteiger partial charge in [-0.2, -0.15) is 0 Å². The molecule has 0 amide bonds.